The molecule has 0 radical (unpaired) electrons. The number of sulfonamides is 1. The molecule has 1 fully saturated rings. The third-order valence-electron chi connectivity index (χ3n) is 5.87. The first-order valence-corrected chi connectivity index (χ1v) is 11.5. The number of hydrogen-bond donors (Lipinski definition) is 1. The van der Waals surface area contributed by atoms with Crippen LogP contribution >= 0.6 is 0 Å². The van der Waals surface area contributed by atoms with Crippen LogP contribution in [0.5, 0.6) is 11.5 Å². The summed E-state index contributed by atoms with van der Waals surface area (Å²) in [6, 6.07) is 9.85. The van der Waals surface area contributed by atoms with Crippen molar-refractivity contribution in [3.05, 3.63) is 42.0 Å². The van der Waals surface area contributed by atoms with Gasteiger partial charge < -0.3 is 14.4 Å². The molecule has 1 aliphatic heterocycles. The molecule has 7 nitrogen and oxygen atoms in total. The molecular weight excluding hydrogens is 404 g/mol. The van der Waals surface area contributed by atoms with E-state index in [2.05, 4.69) is 4.72 Å². The molecule has 160 valence electrons. The Morgan fingerprint density at radius 1 is 1.07 bits per heavy atom. The molecule has 1 N–H and O–H groups in total. The maximum atomic E-state index is 13.0. The lowest BCUT2D eigenvalue weighted by molar-refractivity contribution is -0.125. The Kier molecular flexibility index (Phi) is 5.36. The molecule has 0 bridgehead atoms. The number of hydrogen-bond acceptors (Lipinski definition) is 5. The highest BCUT2D eigenvalue weighted by atomic mass is 32.2. The zero-order chi connectivity index (χ0) is 21.5. The lowest BCUT2D eigenvalue weighted by Gasteiger charge is -2.32. The number of methoxy groups -OCH3 is 2. The van der Waals surface area contributed by atoms with E-state index in [1.54, 1.807) is 36.4 Å². The largest absolute Gasteiger partial charge is 0.497 e. The van der Waals surface area contributed by atoms with Crippen molar-refractivity contribution in [3.8, 4) is 11.5 Å². The highest BCUT2D eigenvalue weighted by Gasteiger charge is 2.37. The average molecular weight is 431 g/mol. The number of anilines is 2. The van der Waals surface area contributed by atoms with Gasteiger partial charge in [0.15, 0.2) is 0 Å². The monoisotopic (exact) mass is 430 g/mol. The van der Waals surface area contributed by atoms with Gasteiger partial charge in [0, 0.05) is 35.8 Å². The fourth-order valence-corrected chi connectivity index (χ4v) is 5.13. The lowest BCUT2D eigenvalue weighted by Crippen LogP contribution is -2.42. The summed E-state index contributed by atoms with van der Waals surface area (Å²) >= 11 is 0. The molecule has 1 heterocycles. The standard InChI is InChI=1S/C22H26N2O5S/c1-14-9-16-10-20(7-8-21(16)24(14)22(25)15-5-4-6-15)30(26,27)23-17-11-18(28-2)13-19(12-17)29-3/h7-8,10-15,23H,4-6,9H2,1-3H3. The van der Waals surface area contributed by atoms with Gasteiger partial charge in [-0.2, -0.15) is 0 Å². The van der Waals surface area contributed by atoms with Crippen molar-refractivity contribution >= 4 is 27.3 Å². The Hall–Kier alpha value is -2.74. The maximum Gasteiger partial charge on any atom is 0.261 e. The first-order valence-electron chi connectivity index (χ1n) is 10.0. The second-order valence-corrected chi connectivity index (χ2v) is 9.57. The molecule has 1 aliphatic carbocycles. The third kappa shape index (κ3) is 3.71. The first kappa shape index (κ1) is 20.5. The average Bonchev–Trinajstić information content (AvgIpc) is 3.00. The molecule has 0 spiro atoms. The second kappa shape index (κ2) is 7.83. The van der Waals surface area contributed by atoms with Crippen molar-refractivity contribution in [2.75, 3.05) is 23.8 Å². The van der Waals surface area contributed by atoms with E-state index in [9.17, 15) is 13.2 Å². The number of amides is 1. The van der Waals surface area contributed by atoms with E-state index in [0.29, 0.717) is 23.6 Å². The van der Waals surface area contributed by atoms with E-state index < -0.39 is 10.0 Å². The van der Waals surface area contributed by atoms with Crippen molar-refractivity contribution in [3.63, 3.8) is 0 Å². The summed E-state index contributed by atoms with van der Waals surface area (Å²) in [6.45, 7) is 2.01. The quantitative estimate of drug-likeness (QED) is 0.757. The summed E-state index contributed by atoms with van der Waals surface area (Å²) in [5, 5.41) is 0. The van der Waals surface area contributed by atoms with Gasteiger partial charge in [0.2, 0.25) is 5.91 Å². The van der Waals surface area contributed by atoms with Gasteiger partial charge in [0.1, 0.15) is 11.5 Å². The topological polar surface area (TPSA) is 84.9 Å². The van der Waals surface area contributed by atoms with E-state index in [0.717, 1.165) is 30.5 Å². The molecule has 1 atom stereocenters. The number of nitrogens with one attached hydrogen (secondary N) is 1. The number of fused-ring (bicyclic) bond motifs is 1. The van der Waals surface area contributed by atoms with Gasteiger partial charge in [-0.1, -0.05) is 6.42 Å². The Morgan fingerprint density at radius 3 is 2.30 bits per heavy atom. The van der Waals surface area contributed by atoms with Crippen molar-refractivity contribution in [2.24, 2.45) is 5.92 Å². The zero-order valence-corrected chi connectivity index (χ0v) is 18.2. The van der Waals surface area contributed by atoms with Crippen LogP contribution in [0.25, 0.3) is 0 Å². The number of nitrogens with zero attached hydrogens (tertiary/aromatic N) is 1. The molecule has 2 aromatic rings. The zero-order valence-electron chi connectivity index (χ0n) is 17.3. The second-order valence-electron chi connectivity index (χ2n) is 7.89. The fourth-order valence-electron chi connectivity index (χ4n) is 4.04. The van der Waals surface area contributed by atoms with Crippen LogP contribution in [0.3, 0.4) is 0 Å². The smallest absolute Gasteiger partial charge is 0.261 e. The van der Waals surface area contributed by atoms with Crippen molar-refractivity contribution in [1.29, 1.82) is 0 Å². The number of ether oxygens (including phenoxy) is 2. The molecule has 2 aromatic carbocycles. The Bertz CT molecular complexity index is 1060. The maximum absolute atomic E-state index is 13.0. The SMILES string of the molecule is COc1cc(NS(=O)(=O)c2ccc3c(c2)CC(C)N3C(=O)C2CCC2)cc(OC)c1. The van der Waals surface area contributed by atoms with Crippen LogP contribution in [0, 0.1) is 5.92 Å². The number of benzene rings is 2. The van der Waals surface area contributed by atoms with E-state index in [-0.39, 0.29) is 22.8 Å². The molecule has 1 unspecified atom stereocenters. The highest BCUT2D eigenvalue weighted by Crippen LogP contribution is 2.38. The Morgan fingerprint density at radius 2 is 1.73 bits per heavy atom. The van der Waals surface area contributed by atoms with Crippen LogP contribution in [0.1, 0.15) is 31.7 Å². The van der Waals surface area contributed by atoms with Crippen LogP contribution in [0.4, 0.5) is 11.4 Å². The summed E-state index contributed by atoms with van der Waals surface area (Å²) in [5.74, 6) is 1.23. The van der Waals surface area contributed by atoms with Crippen LogP contribution in [0.2, 0.25) is 0 Å². The van der Waals surface area contributed by atoms with Crippen LogP contribution in [-0.4, -0.2) is 34.6 Å². The van der Waals surface area contributed by atoms with Gasteiger partial charge in [-0.3, -0.25) is 9.52 Å². The van der Waals surface area contributed by atoms with E-state index in [1.165, 1.54) is 14.2 Å². The van der Waals surface area contributed by atoms with E-state index in [4.69, 9.17) is 9.47 Å². The fraction of sp³-hybridized carbons (Fsp3) is 0.409. The molecule has 30 heavy (non-hydrogen) atoms. The summed E-state index contributed by atoms with van der Waals surface area (Å²) < 4.78 is 39.0. The van der Waals surface area contributed by atoms with Crippen molar-refractivity contribution in [2.45, 2.75) is 43.5 Å². The van der Waals surface area contributed by atoms with E-state index in [1.807, 2.05) is 11.8 Å². The molecule has 0 saturated heterocycles. The van der Waals surface area contributed by atoms with Gasteiger partial charge in [-0.25, -0.2) is 8.42 Å². The van der Waals surface area contributed by atoms with Crippen LogP contribution in [0.15, 0.2) is 41.3 Å². The summed E-state index contributed by atoms with van der Waals surface area (Å²) in [5.41, 5.74) is 2.05. The van der Waals surface area contributed by atoms with Gasteiger partial charge in [0.05, 0.1) is 24.8 Å². The normalized spacial score (nSPS) is 18.5. The minimum Gasteiger partial charge on any atom is -0.497 e. The number of carbonyl (C=O) groups excluding carboxylic acids is 1. The molecule has 4 rings (SSSR count). The number of carbonyl (C=O) groups is 1. The van der Waals surface area contributed by atoms with Crippen LogP contribution in [-0.2, 0) is 21.2 Å². The van der Waals surface area contributed by atoms with Crippen LogP contribution < -0.4 is 19.1 Å². The highest BCUT2D eigenvalue weighted by molar-refractivity contribution is 7.92. The minimum atomic E-state index is -3.81. The Balaban J connectivity index is 1.61. The van der Waals surface area contributed by atoms with Crippen molar-refractivity contribution in [1.82, 2.24) is 0 Å². The van der Waals surface area contributed by atoms with Crippen molar-refractivity contribution < 1.29 is 22.7 Å². The predicted molar refractivity (Wildman–Crippen MR) is 115 cm³/mol. The summed E-state index contributed by atoms with van der Waals surface area (Å²) in [4.78, 5) is 14.8. The molecule has 1 saturated carbocycles. The lowest BCUT2D eigenvalue weighted by atomic mass is 9.84. The molecular formula is C22H26N2O5S. The Labute approximate surface area is 177 Å². The van der Waals surface area contributed by atoms with Gasteiger partial charge in [-0.05, 0) is 49.9 Å². The van der Waals surface area contributed by atoms with E-state index >= 15 is 0 Å². The molecule has 1 amide bonds. The van der Waals surface area contributed by atoms with Gasteiger partial charge >= 0.3 is 0 Å². The van der Waals surface area contributed by atoms with Gasteiger partial charge in [0.25, 0.3) is 10.0 Å². The summed E-state index contributed by atoms with van der Waals surface area (Å²) in [7, 11) is -0.804. The minimum absolute atomic E-state index is 0.0293. The predicted octanol–water partition coefficient (Wildman–Crippen LogP) is 3.58. The molecule has 8 heteroatoms. The third-order valence-corrected chi connectivity index (χ3v) is 7.25. The van der Waals surface area contributed by atoms with Gasteiger partial charge in [-0.15, -0.1) is 0 Å². The molecule has 2 aliphatic rings. The molecule has 0 aromatic heterocycles. The first-order chi connectivity index (χ1) is 14.3. The number of rotatable bonds is 6. The summed E-state index contributed by atoms with van der Waals surface area (Å²) in [6.07, 6.45) is 3.63.